The van der Waals surface area contributed by atoms with Crippen molar-refractivity contribution in [2.45, 2.75) is 0 Å². The smallest absolute Gasteiger partial charge is 0.354 e. The van der Waals surface area contributed by atoms with Crippen molar-refractivity contribution < 1.29 is 14.3 Å². The Balaban J connectivity index is 2.49. The Morgan fingerprint density at radius 2 is 2.00 bits per heavy atom. The van der Waals surface area contributed by atoms with E-state index in [1.165, 1.54) is 22.9 Å². The average Bonchev–Trinajstić information content (AvgIpc) is 2.61. The van der Waals surface area contributed by atoms with Crippen LogP contribution in [0.1, 0.15) is 10.5 Å². The Morgan fingerprint density at radius 3 is 2.50 bits per heavy atom. The summed E-state index contributed by atoms with van der Waals surface area (Å²) in [5.74, 6) is -0.878. The lowest BCUT2D eigenvalue weighted by Crippen LogP contribution is -2.05. The molecule has 4 nitrogen and oxygen atoms in total. The third kappa shape index (κ3) is 1.67. The van der Waals surface area contributed by atoms with Crippen LogP contribution in [0.25, 0.3) is 11.4 Å². The Bertz CT molecular complexity index is 531. The van der Waals surface area contributed by atoms with Gasteiger partial charge in [-0.2, -0.15) is 0 Å². The Morgan fingerprint density at radius 1 is 1.38 bits per heavy atom. The lowest BCUT2D eigenvalue weighted by atomic mass is 10.2. The van der Waals surface area contributed by atoms with Crippen LogP contribution < -0.4 is 0 Å². The van der Waals surface area contributed by atoms with E-state index in [2.05, 4.69) is 4.98 Å². The van der Waals surface area contributed by atoms with Gasteiger partial charge in [0, 0.05) is 12.6 Å². The highest BCUT2D eigenvalue weighted by atomic mass is 19.1. The molecule has 1 aromatic heterocycles. The van der Waals surface area contributed by atoms with Gasteiger partial charge in [0.1, 0.15) is 17.3 Å². The predicted octanol–water partition coefficient (Wildman–Crippen LogP) is 1.92. The molecule has 0 bridgehead atoms. The maximum atomic E-state index is 12.7. The third-order valence-electron chi connectivity index (χ3n) is 2.31. The molecule has 5 heteroatoms. The van der Waals surface area contributed by atoms with Crippen LogP contribution in [0.5, 0.6) is 0 Å². The topological polar surface area (TPSA) is 55.1 Å². The minimum Gasteiger partial charge on any atom is -0.477 e. The van der Waals surface area contributed by atoms with Crippen molar-refractivity contribution in [3.05, 3.63) is 42.0 Å². The number of aromatic nitrogens is 2. The van der Waals surface area contributed by atoms with Gasteiger partial charge in [0.05, 0.1) is 6.20 Å². The first-order chi connectivity index (χ1) is 7.59. The number of aromatic carboxylic acids is 1. The average molecular weight is 220 g/mol. The molecule has 2 rings (SSSR count). The van der Waals surface area contributed by atoms with Crippen molar-refractivity contribution in [1.29, 1.82) is 0 Å². The number of hydrogen-bond acceptors (Lipinski definition) is 2. The lowest BCUT2D eigenvalue weighted by Gasteiger charge is -2.03. The van der Waals surface area contributed by atoms with Crippen molar-refractivity contribution in [2.75, 3.05) is 0 Å². The Labute approximate surface area is 91.0 Å². The van der Waals surface area contributed by atoms with Gasteiger partial charge in [-0.25, -0.2) is 14.2 Å². The van der Waals surface area contributed by atoms with E-state index >= 15 is 0 Å². The summed E-state index contributed by atoms with van der Waals surface area (Å²) in [5.41, 5.74) is 0.774. The molecule has 0 aliphatic rings. The number of nitrogens with zero attached hydrogens (tertiary/aromatic N) is 2. The minimum atomic E-state index is -1.04. The summed E-state index contributed by atoms with van der Waals surface area (Å²) in [4.78, 5) is 14.8. The molecular formula is C11H9FN2O2. The molecular weight excluding hydrogens is 211 g/mol. The van der Waals surface area contributed by atoms with Gasteiger partial charge in [-0.1, -0.05) is 0 Å². The molecule has 1 aromatic carbocycles. The molecule has 16 heavy (non-hydrogen) atoms. The largest absolute Gasteiger partial charge is 0.477 e. The zero-order valence-electron chi connectivity index (χ0n) is 8.51. The van der Waals surface area contributed by atoms with Crippen molar-refractivity contribution in [2.24, 2.45) is 7.05 Å². The molecule has 1 heterocycles. The second-order valence-electron chi connectivity index (χ2n) is 3.34. The standard InChI is InChI=1S/C11H9FN2O2/c1-14-9(11(15)16)6-13-10(14)7-2-4-8(12)5-3-7/h2-6H,1H3,(H,15,16). The van der Waals surface area contributed by atoms with E-state index in [9.17, 15) is 9.18 Å². The SMILES string of the molecule is Cn1c(C(=O)O)cnc1-c1ccc(F)cc1. The number of carboxylic acids is 1. The molecule has 0 unspecified atom stereocenters. The first-order valence-corrected chi connectivity index (χ1v) is 4.60. The fourth-order valence-corrected chi connectivity index (χ4v) is 1.48. The van der Waals surface area contributed by atoms with Crippen LogP contribution in [-0.4, -0.2) is 20.6 Å². The van der Waals surface area contributed by atoms with Crippen molar-refractivity contribution in [3.63, 3.8) is 0 Å². The van der Waals surface area contributed by atoms with Crippen LogP contribution >= 0.6 is 0 Å². The second-order valence-corrected chi connectivity index (χ2v) is 3.34. The van der Waals surface area contributed by atoms with E-state index in [-0.39, 0.29) is 11.5 Å². The number of benzene rings is 1. The Hall–Kier alpha value is -2.17. The highest BCUT2D eigenvalue weighted by Crippen LogP contribution is 2.18. The minimum absolute atomic E-state index is 0.0966. The molecule has 0 radical (unpaired) electrons. The number of halogens is 1. The van der Waals surface area contributed by atoms with E-state index in [4.69, 9.17) is 5.11 Å². The number of carboxylic acid groups (broad SMARTS) is 1. The normalized spacial score (nSPS) is 10.4. The quantitative estimate of drug-likeness (QED) is 0.841. The van der Waals surface area contributed by atoms with Crippen LogP contribution in [0.4, 0.5) is 4.39 Å². The summed E-state index contributed by atoms with van der Waals surface area (Å²) in [7, 11) is 1.61. The molecule has 0 spiro atoms. The molecule has 0 aliphatic heterocycles. The first kappa shape index (κ1) is 10.4. The van der Waals surface area contributed by atoms with Gasteiger partial charge in [0.15, 0.2) is 0 Å². The summed E-state index contributed by atoms with van der Waals surface area (Å²) in [6.45, 7) is 0. The summed E-state index contributed by atoms with van der Waals surface area (Å²) in [5, 5.41) is 8.85. The molecule has 0 atom stereocenters. The van der Waals surface area contributed by atoms with Crippen LogP contribution in [0, 0.1) is 5.82 Å². The van der Waals surface area contributed by atoms with Gasteiger partial charge < -0.3 is 9.67 Å². The zero-order chi connectivity index (χ0) is 11.7. The monoisotopic (exact) mass is 220 g/mol. The summed E-state index contributed by atoms with van der Waals surface area (Å²) in [6.07, 6.45) is 1.28. The van der Waals surface area contributed by atoms with Crippen molar-refractivity contribution >= 4 is 5.97 Å². The second kappa shape index (κ2) is 3.77. The maximum Gasteiger partial charge on any atom is 0.354 e. The number of hydrogen-bond donors (Lipinski definition) is 1. The van der Waals surface area contributed by atoms with Crippen LogP contribution in [0.2, 0.25) is 0 Å². The highest BCUT2D eigenvalue weighted by molar-refractivity contribution is 5.86. The van der Waals surface area contributed by atoms with Crippen molar-refractivity contribution in [1.82, 2.24) is 9.55 Å². The molecule has 82 valence electrons. The first-order valence-electron chi connectivity index (χ1n) is 4.60. The van der Waals surface area contributed by atoms with Crippen LogP contribution in [0.15, 0.2) is 30.5 Å². The van der Waals surface area contributed by atoms with Crippen LogP contribution in [-0.2, 0) is 7.05 Å². The van der Waals surface area contributed by atoms with Crippen molar-refractivity contribution in [3.8, 4) is 11.4 Å². The molecule has 2 aromatic rings. The Kier molecular flexibility index (Phi) is 2.44. The number of rotatable bonds is 2. The van der Waals surface area contributed by atoms with Gasteiger partial charge >= 0.3 is 5.97 Å². The van der Waals surface area contributed by atoms with Gasteiger partial charge in [-0.05, 0) is 24.3 Å². The summed E-state index contributed by atoms with van der Waals surface area (Å²) >= 11 is 0. The van der Waals surface area contributed by atoms with E-state index in [0.717, 1.165) is 0 Å². The van der Waals surface area contributed by atoms with E-state index < -0.39 is 5.97 Å². The zero-order valence-corrected chi connectivity index (χ0v) is 8.51. The maximum absolute atomic E-state index is 12.7. The molecule has 0 fully saturated rings. The predicted molar refractivity (Wildman–Crippen MR) is 55.6 cm³/mol. The third-order valence-corrected chi connectivity index (χ3v) is 2.31. The van der Waals surface area contributed by atoms with E-state index in [1.807, 2.05) is 0 Å². The van der Waals surface area contributed by atoms with Gasteiger partial charge in [0.25, 0.3) is 0 Å². The van der Waals surface area contributed by atoms with Crippen LogP contribution in [0.3, 0.4) is 0 Å². The number of imidazole rings is 1. The molecule has 0 amide bonds. The molecule has 1 N–H and O–H groups in total. The van der Waals surface area contributed by atoms with E-state index in [1.54, 1.807) is 19.2 Å². The fraction of sp³-hybridized carbons (Fsp3) is 0.0909. The lowest BCUT2D eigenvalue weighted by molar-refractivity contribution is 0.0686. The highest BCUT2D eigenvalue weighted by Gasteiger charge is 2.13. The summed E-state index contributed by atoms with van der Waals surface area (Å²) in [6, 6.07) is 5.74. The van der Waals surface area contributed by atoms with Gasteiger partial charge in [-0.15, -0.1) is 0 Å². The molecule has 0 saturated heterocycles. The molecule has 0 saturated carbocycles. The van der Waals surface area contributed by atoms with Gasteiger partial charge in [-0.3, -0.25) is 0 Å². The molecule has 0 aliphatic carbocycles. The summed E-state index contributed by atoms with van der Waals surface area (Å²) < 4.78 is 14.2. The van der Waals surface area contributed by atoms with Gasteiger partial charge in [0.2, 0.25) is 0 Å². The fourth-order valence-electron chi connectivity index (χ4n) is 1.48. The van der Waals surface area contributed by atoms with E-state index in [0.29, 0.717) is 11.4 Å². The number of carbonyl (C=O) groups is 1.